The van der Waals surface area contributed by atoms with Crippen LogP contribution in [0.15, 0.2) is 48.7 Å². The molecule has 1 heterocycles. The Bertz CT molecular complexity index is 1660. The number of hydrogen-bond acceptors (Lipinski definition) is 9. The van der Waals surface area contributed by atoms with E-state index < -0.39 is 39.8 Å². The average molecular weight is 650 g/mol. The van der Waals surface area contributed by atoms with Crippen molar-refractivity contribution in [2.75, 3.05) is 25.7 Å². The third-order valence-electron chi connectivity index (χ3n) is 8.13. The van der Waals surface area contributed by atoms with E-state index in [-0.39, 0.29) is 41.9 Å². The molecule has 3 N–H and O–H groups in total. The lowest BCUT2D eigenvalue weighted by atomic mass is 9.93. The van der Waals surface area contributed by atoms with Crippen LogP contribution < -0.4 is 20.1 Å². The molecule has 1 saturated carbocycles. The smallest absolute Gasteiger partial charge is 0.423 e. The fourth-order valence-corrected chi connectivity index (χ4v) is 6.34. The molecule has 45 heavy (non-hydrogen) atoms. The molecular formula is C30H34F3N5O6S. The van der Waals surface area contributed by atoms with Crippen molar-refractivity contribution in [3.8, 4) is 11.6 Å². The number of anilines is 2. The Hall–Kier alpha value is -3.95. The highest BCUT2D eigenvalue weighted by Crippen LogP contribution is 2.42. The number of ether oxygens (including phenoxy) is 2. The second kappa shape index (κ2) is 12.8. The van der Waals surface area contributed by atoms with Gasteiger partial charge in [0.05, 0.1) is 31.2 Å². The van der Waals surface area contributed by atoms with Crippen LogP contribution >= 0.6 is 0 Å². The molecule has 3 aromatic rings. The number of sulfonamides is 1. The number of fused-ring (bicyclic) bond motifs is 1. The third-order valence-corrected chi connectivity index (χ3v) is 9.40. The minimum atomic E-state index is -4.86. The van der Waals surface area contributed by atoms with Gasteiger partial charge in [-0.1, -0.05) is 24.3 Å². The maximum atomic E-state index is 14.1. The number of amides is 1. The first-order valence-corrected chi connectivity index (χ1v) is 16.1. The molecule has 0 aliphatic heterocycles. The van der Waals surface area contributed by atoms with E-state index in [9.17, 15) is 31.5 Å². The molecule has 2 aliphatic carbocycles. The topological polar surface area (TPSA) is 143 Å². The van der Waals surface area contributed by atoms with Crippen molar-refractivity contribution >= 4 is 27.6 Å². The Labute approximate surface area is 258 Å². The summed E-state index contributed by atoms with van der Waals surface area (Å²) in [6, 6.07) is 10.6. The number of nitrogens with one attached hydrogen (secondary N) is 2. The van der Waals surface area contributed by atoms with Crippen molar-refractivity contribution in [3.05, 3.63) is 70.9 Å². The molecule has 11 nitrogen and oxygen atoms in total. The van der Waals surface area contributed by atoms with E-state index in [1.165, 1.54) is 32.4 Å². The quantitative estimate of drug-likeness (QED) is 0.311. The summed E-state index contributed by atoms with van der Waals surface area (Å²) in [6.07, 6.45) is -1.91. The fraction of sp³-hybridized carbons (Fsp3) is 0.433. The van der Waals surface area contributed by atoms with E-state index in [1.807, 2.05) is 0 Å². The van der Waals surface area contributed by atoms with E-state index >= 15 is 0 Å². The number of benzene rings is 2. The number of alkyl halides is 3. The number of methoxy groups -OCH3 is 1. The van der Waals surface area contributed by atoms with E-state index in [2.05, 4.69) is 20.6 Å². The molecule has 5 rings (SSSR count). The normalized spacial score (nSPS) is 21.7. The SMILES string of the molecule is COc1cc(C(=O)NC2CCC(O)CC2)ccc1Nc1ncc(C(F)(F)F)c(O[C@@H]2Cc3ccccc3[C@H]2N(C)S(C)(=O)=O)n1. The van der Waals surface area contributed by atoms with Crippen LogP contribution in [0.1, 0.15) is 58.8 Å². The number of aliphatic hydroxyl groups is 1. The predicted molar refractivity (Wildman–Crippen MR) is 159 cm³/mol. The Morgan fingerprint density at radius 2 is 1.82 bits per heavy atom. The average Bonchev–Trinajstić information content (AvgIpc) is 3.34. The number of rotatable bonds is 9. The minimum Gasteiger partial charge on any atom is -0.495 e. The number of halogens is 3. The van der Waals surface area contributed by atoms with Gasteiger partial charge < -0.3 is 25.2 Å². The van der Waals surface area contributed by atoms with Gasteiger partial charge in [-0.05, 0) is 55.0 Å². The molecule has 1 amide bonds. The maximum absolute atomic E-state index is 14.1. The molecule has 242 valence electrons. The highest BCUT2D eigenvalue weighted by molar-refractivity contribution is 7.88. The van der Waals surface area contributed by atoms with Crippen LogP contribution in [0.2, 0.25) is 0 Å². The van der Waals surface area contributed by atoms with E-state index in [0.29, 0.717) is 43.0 Å². The third kappa shape index (κ3) is 7.31. The summed E-state index contributed by atoms with van der Waals surface area (Å²) < 4.78 is 79.5. The van der Waals surface area contributed by atoms with Crippen LogP contribution in [-0.4, -0.2) is 72.4 Å². The van der Waals surface area contributed by atoms with E-state index in [1.54, 1.807) is 24.3 Å². The lowest BCUT2D eigenvalue weighted by molar-refractivity contribution is -0.140. The number of likely N-dealkylation sites (N-methyl/N-ethyl adjacent to an activating group) is 1. The highest BCUT2D eigenvalue weighted by Gasteiger charge is 2.43. The van der Waals surface area contributed by atoms with E-state index in [0.717, 1.165) is 16.1 Å². The molecule has 15 heteroatoms. The van der Waals surface area contributed by atoms with Crippen LogP contribution in [0.3, 0.4) is 0 Å². The van der Waals surface area contributed by atoms with Gasteiger partial charge in [0.2, 0.25) is 21.9 Å². The first kappa shape index (κ1) is 32.4. The maximum Gasteiger partial charge on any atom is 0.423 e. The van der Waals surface area contributed by atoms with Gasteiger partial charge in [0.15, 0.2) is 0 Å². The summed E-state index contributed by atoms with van der Waals surface area (Å²) in [5.74, 6) is -1.11. The summed E-state index contributed by atoms with van der Waals surface area (Å²) in [7, 11) is -1.01. The minimum absolute atomic E-state index is 0.0619. The van der Waals surface area contributed by atoms with Crippen LogP contribution in [0.25, 0.3) is 0 Å². The number of aromatic nitrogens is 2. The number of aliphatic hydroxyl groups excluding tert-OH is 1. The van der Waals surface area contributed by atoms with Gasteiger partial charge >= 0.3 is 6.18 Å². The van der Waals surface area contributed by atoms with Gasteiger partial charge in [-0.25, -0.2) is 13.4 Å². The molecule has 0 unspecified atom stereocenters. The van der Waals surface area contributed by atoms with Crippen molar-refractivity contribution in [1.29, 1.82) is 0 Å². The van der Waals surface area contributed by atoms with Gasteiger partial charge in [-0.3, -0.25) is 4.79 Å². The summed E-state index contributed by atoms with van der Waals surface area (Å²) in [5, 5.41) is 15.5. The number of carbonyl (C=O) groups is 1. The fourth-order valence-electron chi connectivity index (χ4n) is 5.68. The van der Waals surface area contributed by atoms with Gasteiger partial charge in [-0.2, -0.15) is 22.5 Å². The van der Waals surface area contributed by atoms with Crippen molar-refractivity contribution < 1.29 is 41.0 Å². The zero-order valence-electron chi connectivity index (χ0n) is 24.8. The van der Waals surface area contributed by atoms with Crippen molar-refractivity contribution in [2.45, 2.75) is 62.6 Å². The van der Waals surface area contributed by atoms with Crippen LogP contribution in [-0.2, 0) is 22.6 Å². The highest BCUT2D eigenvalue weighted by atomic mass is 32.2. The number of hydrogen-bond donors (Lipinski definition) is 3. The first-order valence-electron chi connectivity index (χ1n) is 14.3. The number of nitrogens with zero attached hydrogens (tertiary/aromatic N) is 3. The standard InChI is InChI=1S/C30H34F3N5O6S/c1-38(45(3,41)42)26-21-7-5-4-6-17(21)14-25(26)44-28-22(30(31,32)33)16-34-29(37-28)36-23-13-8-18(15-24(23)43-2)27(40)35-19-9-11-20(39)12-10-19/h4-8,13,15-16,19-20,25-26,39H,9-12,14H2,1-3H3,(H,35,40)(H,34,36,37)/t19?,20?,25-,26-/m1/s1. The summed E-state index contributed by atoms with van der Waals surface area (Å²) in [5.41, 5.74) is 0.746. The largest absolute Gasteiger partial charge is 0.495 e. The Morgan fingerprint density at radius 1 is 1.11 bits per heavy atom. The molecular weight excluding hydrogens is 615 g/mol. The molecule has 0 spiro atoms. The molecule has 0 radical (unpaired) electrons. The van der Waals surface area contributed by atoms with E-state index in [4.69, 9.17) is 9.47 Å². The van der Waals surface area contributed by atoms with Crippen LogP contribution in [0.4, 0.5) is 24.8 Å². The summed E-state index contributed by atoms with van der Waals surface area (Å²) >= 11 is 0. The molecule has 1 aromatic heterocycles. The molecule has 2 aromatic carbocycles. The molecule has 0 saturated heterocycles. The van der Waals surface area contributed by atoms with Crippen molar-refractivity contribution in [1.82, 2.24) is 19.6 Å². The van der Waals surface area contributed by atoms with Crippen LogP contribution in [0, 0.1) is 0 Å². The van der Waals surface area contributed by atoms with Crippen LogP contribution in [0.5, 0.6) is 11.6 Å². The lowest BCUT2D eigenvalue weighted by Gasteiger charge is -2.29. The van der Waals surface area contributed by atoms with Gasteiger partial charge in [0.1, 0.15) is 17.4 Å². The second-order valence-electron chi connectivity index (χ2n) is 11.2. The van der Waals surface area contributed by atoms with Crippen molar-refractivity contribution in [2.24, 2.45) is 0 Å². The zero-order chi connectivity index (χ0) is 32.5. The molecule has 2 atom stereocenters. The Kier molecular flexibility index (Phi) is 9.23. The van der Waals surface area contributed by atoms with Gasteiger partial charge in [0.25, 0.3) is 5.91 Å². The Morgan fingerprint density at radius 3 is 2.49 bits per heavy atom. The van der Waals surface area contributed by atoms with Gasteiger partial charge in [-0.15, -0.1) is 0 Å². The second-order valence-corrected chi connectivity index (χ2v) is 13.3. The predicted octanol–water partition coefficient (Wildman–Crippen LogP) is 4.22. The van der Waals surface area contributed by atoms with Crippen molar-refractivity contribution in [3.63, 3.8) is 0 Å². The van der Waals surface area contributed by atoms with Gasteiger partial charge in [0, 0.05) is 31.3 Å². The molecule has 0 bridgehead atoms. The Balaban J connectivity index is 1.40. The summed E-state index contributed by atoms with van der Waals surface area (Å²) in [6.45, 7) is 0. The monoisotopic (exact) mass is 649 g/mol. The lowest BCUT2D eigenvalue weighted by Crippen LogP contribution is -2.38. The summed E-state index contributed by atoms with van der Waals surface area (Å²) in [4.78, 5) is 20.7. The first-order chi connectivity index (χ1) is 21.2. The number of carbonyl (C=O) groups excluding carboxylic acids is 1. The molecule has 2 aliphatic rings. The molecule has 1 fully saturated rings. The zero-order valence-corrected chi connectivity index (χ0v) is 25.7.